The van der Waals surface area contributed by atoms with Gasteiger partial charge in [-0.15, -0.1) is 0 Å². The van der Waals surface area contributed by atoms with E-state index >= 15 is 0 Å². The molecule has 6 heteroatoms. The number of pyridine rings is 1. The molecule has 0 spiro atoms. The molecule has 3 aromatic rings. The van der Waals surface area contributed by atoms with E-state index in [0.29, 0.717) is 11.6 Å². The lowest BCUT2D eigenvalue weighted by atomic mass is 9.87. The van der Waals surface area contributed by atoms with Crippen LogP contribution in [0, 0.1) is 0 Å². The number of benzene rings is 2. The van der Waals surface area contributed by atoms with Crippen LogP contribution in [0.2, 0.25) is 0 Å². The zero-order valence-corrected chi connectivity index (χ0v) is 17.0. The third kappa shape index (κ3) is 5.18. The van der Waals surface area contributed by atoms with E-state index in [1.165, 1.54) is 0 Å². The molecule has 2 aromatic carbocycles. The zero-order chi connectivity index (χ0) is 20.2. The second-order valence-electron chi connectivity index (χ2n) is 7.52. The van der Waals surface area contributed by atoms with Gasteiger partial charge >= 0.3 is 0 Å². The molecule has 5 nitrogen and oxygen atoms in total. The van der Waals surface area contributed by atoms with Crippen LogP contribution in [0.3, 0.4) is 0 Å². The highest BCUT2D eigenvalue weighted by Crippen LogP contribution is 2.24. The Morgan fingerprint density at radius 1 is 0.964 bits per heavy atom. The van der Waals surface area contributed by atoms with E-state index in [9.17, 15) is 8.42 Å². The van der Waals surface area contributed by atoms with Gasteiger partial charge < -0.3 is 4.74 Å². The third-order valence-electron chi connectivity index (χ3n) is 4.26. The van der Waals surface area contributed by atoms with Gasteiger partial charge in [-0.1, -0.05) is 51.1 Å². The van der Waals surface area contributed by atoms with Gasteiger partial charge in [0.15, 0.2) is 0 Å². The van der Waals surface area contributed by atoms with Crippen molar-refractivity contribution in [1.82, 2.24) is 9.71 Å². The van der Waals surface area contributed by atoms with E-state index in [0.717, 1.165) is 11.1 Å². The Hall–Kier alpha value is -2.70. The minimum atomic E-state index is -3.60. The van der Waals surface area contributed by atoms with Gasteiger partial charge in [0.05, 0.1) is 4.90 Å². The summed E-state index contributed by atoms with van der Waals surface area (Å²) in [6, 6.07) is 19.7. The number of hydrogen-bond donors (Lipinski definition) is 1. The lowest BCUT2D eigenvalue weighted by Gasteiger charge is -2.19. The van der Waals surface area contributed by atoms with Crippen LogP contribution in [0.25, 0.3) is 0 Å². The molecule has 0 aliphatic heterocycles. The average Bonchev–Trinajstić information content (AvgIpc) is 2.67. The van der Waals surface area contributed by atoms with Crippen LogP contribution in [0.1, 0.15) is 31.9 Å². The molecule has 0 saturated carbocycles. The second kappa shape index (κ2) is 8.12. The lowest BCUT2D eigenvalue weighted by molar-refractivity contribution is 0.462. The fraction of sp³-hybridized carbons (Fsp3) is 0.227. The third-order valence-corrected chi connectivity index (χ3v) is 5.67. The summed E-state index contributed by atoms with van der Waals surface area (Å²) >= 11 is 0. The molecule has 0 radical (unpaired) electrons. The number of hydrogen-bond acceptors (Lipinski definition) is 4. The van der Waals surface area contributed by atoms with Crippen LogP contribution in [-0.2, 0) is 22.0 Å². The average molecular weight is 397 g/mol. The standard InChI is InChI=1S/C22H24N2O3S/c1-22(2,3)18-10-12-20(13-11-18)28(25,26)24-16-17-7-6-8-19(15-17)27-21-9-4-5-14-23-21/h4-15,24H,16H2,1-3H3. The Kier molecular flexibility index (Phi) is 5.82. The molecule has 0 atom stereocenters. The predicted molar refractivity (Wildman–Crippen MR) is 110 cm³/mol. The van der Waals surface area contributed by atoms with Crippen LogP contribution < -0.4 is 9.46 Å². The Bertz CT molecular complexity index is 1030. The molecular formula is C22H24N2O3S. The molecule has 3 rings (SSSR count). The summed E-state index contributed by atoms with van der Waals surface area (Å²) in [5.41, 5.74) is 1.86. The highest BCUT2D eigenvalue weighted by atomic mass is 32.2. The Balaban J connectivity index is 1.68. The topological polar surface area (TPSA) is 68.3 Å². The van der Waals surface area contributed by atoms with Crippen LogP contribution in [0.5, 0.6) is 11.6 Å². The maximum atomic E-state index is 12.6. The van der Waals surface area contributed by atoms with Crippen molar-refractivity contribution in [2.75, 3.05) is 0 Å². The van der Waals surface area contributed by atoms with Crippen LogP contribution in [0.15, 0.2) is 77.8 Å². The molecule has 0 amide bonds. The Morgan fingerprint density at radius 2 is 1.71 bits per heavy atom. The monoisotopic (exact) mass is 396 g/mol. The number of aromatic nitrogens is 1. The molecule has 1 heterocycles. The first-order chi connectivity index (χ1) is 13.2. The summed E-state index contributed by atoms with van der Waals surface area (Å²) in [6.07, 6.45) is 1.65. The maximum Gasteiger partial charge on any atom is 0.240 e. The van der Waals surface area contributed by atoms with Crippen molar-refractivity contribution in [2.45, 2.75) is 37.6 Å². The van der Waals surface area contributed by atoms with Gasteiger partial charge in [0.1, 0.15) is 5.75 Å². The van der Waals surface area contributed by atoms with Crippen molar-refractivity contribution >= 4 is 10.0 Å². The van der Waals surface area contributed by atoms with Gasteiger partial charge in [0.25, 0.3) is 0 Å². The van der Waals surface area contributed by atoms with E-state index < -0.39 is 10.0 Å². The first-order valence-electron chi connectivity index (χ1n) is 9.02. The van der Waals surface area contributed by atoms with Gasteiger partial charge in [0, 0.05) is 18.8 Å². The predicted octanol–water partition coefficient (Wildman–Crippen LogP) is 4.65. The van der Waals surface area contributed by atoms with Crippen molar-refractivity contribution < 1.29 is 13.2 Å². The zero-order valence-electron chi connectivity index (χ0n) is 16.2. The fourth-order valence-electron chi connectivity index (χ4n) is 2.64. The molecule has 0 saturated heterocycles. The highest BCUT2D eigenvalue weighted by molar-refractivity contribution is 7.89. The summed E-state index contributed by atoms with van der Waals surface area (Å²) in [7, 11) is -3.60. The normalized spacial score (nSPS) is 12.0. The molecule has 1 aromatic heterocycles. The SMILES string of the molecule is CC(C)(C)c1ccc(S(=O)(=O)NCc2cccc(Oc3ccccn3)c2)cc1. The van der Waals surface area contributed by atoms with Gasteiger partial charge in [-0.2, -0.15) is 0 Å². The molecule has 0 aliphatic rings. The largest absolute Gasteiger partial charge is 0.439 e. The number of ether oxygens (including phenoxy) is 1. The number of nitrogens with zero attached hydrogens (tertiary/aromatic N) is 1. The Labute approximate surface area is 166 Å². The molecule has 0 unspecified atom stereocenters. The van der Waals surface area contributed by atoms with Crippen molar-refractivity contribution in [1.29, 1.82) is 0 Å². The first-order valence-corrected chi connectivity index (χ1v) is 10.5. The summed E-state index contributed by atoms with van der Waals surface area (Å²) in [6.45, 7) is 6.45. The smallest absolute Gasteiger partial charge is 0.240 e. The minimum Gasteiger partial charge on any atom is -0.439 e. The molecule has 0 bridgehead atoms. The number of sulfonamides is 1. The van der Waals surface area contributed by atoms with Gasteiger partial charge in [0.2, 0.25) is 15.9 Å². The summed E-state index contributed by atoms with van der Waals surface area (Å²) in [5.74, 6) is 1.09. The van der Waals surface area contributed by atoms with Crippen molar-refractivity contribution in [3.05, 3.63) is 84.1 Å². The first kappa shape index (κ1) is 20.0. The number of nitrogens with one attached hydrogen (secondary N) is 1. The maximum absolute atomic E-state index is 12.6. The molecule has 146 valence electrons. The van der Waals surface area contributed by atoms with Gasteiger partial charge in [-0.05, 0) is 46.9 Å². The molecule has 0 fully saturated rings. The molecule has 28 heavy (non-hydrogen) atoms. The lowest BCUT2D eigenvalue weighted by Crippen LogP contribution is -2.23. The van der Waals surface area contributed by atoms with Gasteiger partial charge in [-0.25, -0.2) is 18.1 Å². The Morgan fingerprint density at radius 3 is 2.36 bits per heavy atom. The van der Waals surface area contributed by atoms with Crippen LogP contribution >= 0.6 is 0 Å². The van der Waals surface area contributed by atoms with Gasteiger partial charge in [-0.3, -0.25) is 0 Å². The molecule has 0 aliphatic carbocycles. The van der Waals surface area contributed by atoms with Crippen molar-refractivity contribution in [3.63, 3.8) is 0 Å². The van der Waals surface area contributed by atoms with Crippen molar-refractivity contribution in [2.24, 2.45) is 0 Å². The summed E-state index contributed by atoms with van der Waals surface area (Å²) < 4.78 is 33.5. The van der Waals surface area contributed by atoms with E-state index in [2.05, 4.69) is 30.5 Å². The fourth-order valence-corrected chi connectivity index (χ4v) is 3.66. The molecular weight excluding hydrogens is 372 g/mol. The highest BCUT2D eigenvalue weighted by Gasteiger charge is 2.17. The second-order valence-corrected chi connectivity index (χ2v) is 9.28. The van der Waals surface area contributed by atoms with E-state index in [1.54, 1.807) is 36.5 Å². The minimum absolute atomic E-state index is 0.0240. The quantitative estimate of drug-likeness (QED) is 0.658. The summed E-state index contributed by atoms with van der Waals surface area (Å²) in [5, 5.41) is 0. The molecule has 1 N–H and O–H groups in total. The van der Waals surface area contributed by atoms with E-state index in [-0.39, 0.29) is 16.9 Å². The van der Waals surface area contributed by atoms with E-state index in [4.69, 9.17) is 4.74 Å². The van der Waals surface area contributed by atoms with Crippen LogP contribution in [0.4, 0.5) is 0 Å². The van der Waals surface area contributed by atoms with E-state index in [1.807, 2.05) is 36.4 Å². The van der Waals surface area contributed by atoms with Crippen LogP contribution in [-0.4, -0.2) is 13.4 Å². The number of rotatable bonds is 6. The van der Waals surface area contributed by atoms with Crippen molar-refractivity contribution in [3.8, 4) is 11.6 Å². The summed E-state index contributed by atoms with van der Waals surface area (Å²) in [4.78, 5) is 4.37.